The molecule has 164 valence electrons. The first-order valence-corrected chi connectivity index (χ1v) is 9.80. The predicted molar refractivity (Wildman–Crippen MR) is 117 cm³/mol. The molecule has 0 unspecified atom stereocenters. The zero-order chi connectivity index (χ0) is 23.0. The molecule has 2 aromatic heterocycles. The van der Waals surface area contributed by atoms with Crippen molar-refractivity contribution in [2.45, 2.75) is 26.2 Å². The molecule has 0 saturated carbocycles. The Bertz CT molecular complexity index is 1330. The third-order valence-corrected chi connectivity index (χ3v) is 4.79. The second kappa shape index (κ2) is 7.99. The summed E-state index contributed by atoms with van der Waals surface area (Å²) < 4.78 is 42.4. The van der Waals surface area contributed by atoms with E-state index in [9.17, 15) is 18.0 Å². The van der Waals surface area contributed by atoms with Gasteiger partial charge < -0.3 is 5.32 Å². The third-order valence-electron chi connectivity index (χ3n) is 4.79. The van der Waals surface area contributed by atoms with E-state index in [4.69, 9.17) is 0 Å². The van der Waals surface area contributed by atoms with Crippen LogP contribution in [0.5, 0.6) is 0 Å². The summed E-state index contributed by atoms with van der Waals surface area (Å²) in [6.45, 7) is 5.91. The van der Waals surface area contributed by atoms with Gasteiger partial charge in [-0.2, -0.15) is 5.10 Å². The molecule has 0 aliphatic rings. The van der Waals surface area contributed by atoms with Crippen LogP contribution in [0.25, 0.3) is 16.6 Å². The van der Waals surface area contributed by atoms with Crippen LogP contribution in [-0.4, -0.2) is 20.8 Å². The minimum absolute atomic E-state index is 0.299. The lowest BCUT2D eigenvalue weighted by atomic mass is 9.92. The molecule has 6 nitrogen and oxygen atoms in total. The van der Waals surface area contributed by atoms with Crippen molar-refractivity contribution >= 4 is 28.4 Å². The highest BCUT2D eigenvalue weighted by molar-refractivity contribution is 5.99. The molecule has 2 heterocycles. The minimum atomic E-state index is -1.40. The fourth-order valence-electron chi connectivity index (χ4n) is 3.15. The average molecular weight is 439 g/mol. The number of nitrogens with one attached hydrogen (secondary N) is 2. The number of amides is 2. The fraction of sp³-hybridized carbons (Fsp3) is 0.174. The predicted octanol–water partition coefficient (Wildman–Crippen LogP) is 5.78. The Morgan fingerprint density at radius 3 is 2.53 bits per heavy atom. The van der Waals surface area contributed by atoms with Crippen LogP contribution >= 0.6 is 0 Å². The summed E-state index contributed by atoms with van der Waals surface area (Å²) in [5.41, 5.74) is 1.23. The SMILES string of the molecule is CC(C)(C)c1cc(NC(=O)Nc2cc(F)cc(F)c2F)n(-c2ccc3ncccc3c2)n1. The molecule has 2 aromatic carbocycles. The van der Waals surface area contributed by atoms with E-state index in [1.165, 1.54) is 4.68 Å². The summed E-state index contributed by atoms with van der Waals surface area (Å²) in [6.07, 6.45) is 1.69. The molecule has 32 heavy (non-hydrogen) atoms. The minimum Gasteiger partial charge on any atom is -0.305 e. The standard InChI is InChI=1S/C23H20F3N5O/c1-23(2,3)19-12-20(29-22(32)28-18-11-14(24)10-16(25)21(18)26)31(30-19)15-6-7-17-13(9-15)5-4-8-27-17/h4-12H,1-3H3,(H2,28,29,32). The summed E-state index contributed by atoms with van der Waals surface area (Å²) in [4.78, 5) is 16.8. The number of hydrogen-bond acceptors (Lipinski definition) is 3. The van der Waals surface area contributed by atoms with Gasteiger partial charge in [-0.25, -0.2) is 22.6 Å². The molecule has 0 radical (unpaired) electrons. The van der Waals surface area contributed by atoms with E-state index >= 15 is 0 Å². The van der Waals surface area contributed by atoms with Gasteiger partial charge in [0.15, 0.2) is 11.6 Å². The number of benzene rings is 2. The summed E-state index contributed by atoms with van der Waals surface area (Å²) >= 11 is 0. The number of halogens is 3. The number of carbonyl (C=O) groups excluding carboxylic acids is 1. The number of carbonyl (C=O) groups is 1. The maximum Gasteiger partial charge on any atom is 0.324 e. The first-order chi connectivity index (χ1) is 15.1. The van der Waals surface area contributed by atoms with Crippen molar-refractivity contribution < 1.29 is 18.0 Å². The molecule has 2 amide bonds. The number of aromatic nitrogens is 3. The Kier molecular flexibility index (Phi) is 5.33. The fourth-order valence-corrected chi connectivity index (χ4v) is 3.15. The molecule has 0 atom stereocenters. The van der Waals surface area contributed by atoms with Crippen LogP contribution in [0, 0.1) is 17.5 Å². The number of nitrogens with zero attached hydrogens (tertiary/aromatic N) is 3. The monoisotopic (exact) mass is 439 g/mol. The van der Waals surface area contributed by atoms with E-state index in [0.717, 1.165) is 10.9 Å². The van der Waals surface area contributed by atoms with Crippen LogP contribution in [0.2, 0.25) is 0 Å². The molecule has 0 fully saturated rings. The lowest BCUT2D eigenvalue weighted by Crippen LogP contribution is -2.22. The van der Waals surface area contributed by atoms with Crippen molar-refractivity contribution in [1.29, 1.82) is 0 Å². The average Bonchev–Trinajstić information content (AvgIpc) is 3.15. The lowest BCUT2D eigenvalue weighted by molar-refractivity contribution is 0.262. The highest BCUT2D eigenvalue weighted by atomic mass is 19.2. The number of rotatable bonds is 3. The van der Waals surface area contributed by atoms with E-state index in [2.05, 4.69) is 20.7 Å². The number of hydrogen-bond donors (Lipinski definition) is 2. The van der Waals surface area contributed by atoms with Crippen LogP contribution in [0.3, 0.4) is 0 Å². The van der Waals surface area contributed by atoms with Crippen molar-refractivity contribution in [3.05, 3.63) is 77.9 Å². The van der Waals surface area contributed by atoms with Crippen molar-refractivity contribution in [3.63, 3.8) is 0 Å². The number of anilines is 2. The smallest absolute Gasteiger partial charge is 0.305 e. The largest absolute Gasteiger partial charge is 0.324 e. The van der Waals surface area contributed by atoms with E-state index in [1.54, 1.807) is 18.3 Å². The van der Waals surface area contributed by atoms with Crippen LogP contribution in [0.4, 0.5) is 29.5 Å². The van der Waals surface area contributed by atoms with Crippen molar-refractivity contribution in [2.24, 2.45) is 0 Å². The van der Waals surface area contributed by atoms with E-state index in [0.29, 0.717) is 29.3 Å². The van der Waals surface area contributed by atoms with Crippen LogP contribution < -0.4 is 10.6 Å². The summed E-state index contributed by atoms with van der Waals surface area (Å²) in [5.74, 6) is -3.46. The summed E-state index contributed by atoms with van der Waals surface area (Å²) in [6, 6.07) is 11.1. The Balaban J connectivity index is 1.70. The Labute approximate surface area is 182 Å². The molecule has 0 spiro atoms. The molecule has 0 saturated heterocycles. The molecule has 4 rings (SSSR count). The molecule has 2 N–H and O–H groups in total. The van der Waals surface area contributed by atoms with Gasteiger partial charge in [-0.1, -0.05) is 26.8 Å². The van der Waals surface area contributed by atoms with E-state index < -0.39 is 29.2 Å². The maximum absolute atomic E-state index is 13.9. The molecule has 4 aromatic rings. The molecule has 9 heteroatoms. The summed E-state index contributed by atoms with van der Waals surface area (Å²) in [5, 5.41) is 10.2. The van der Waals surface area contributed by atoms with Gasteiger partial charge in [0.1, 0.15) is 11.6 Å². The Morgan fingerprint density at radius 1 is 1.00 bits per heavy atom. The van der Waals surface area contributed by atoms with Gasteiger partial charge in [-0.05, 0) is 24.3 Å². The highest BCUT2D eigenvalue weighted by Gasteiger charge is 2.22. The second-order valence-electron chi connectivity index (χ2n) is 8.29. The zero-order valence-corrected chi connectivity index (χ0v) is 17.6. The van der Waals surface area contributed by atoms with Crippen molar-refractivity contribution in [3.8, 4) is 5.69 Å². The molecule has 0 bridgehead atoms. The van der Waals surface area contributed by atoms with E-state index in [-0.39, 0.29) is 5.41 Å². The van der Waals surface area contributed by atoms with Gasteiger partial charge in [0.25, 0.3) is 0 Å². The molecular formula is C23H20F3N5O. The molecular weight excluding hydrogens is 419 g/mol. The third kappa shape index (κ3) is 4.27. The topological polar surface area (TPSA) is 71.8 Å². The number of pyridine rings is 1. The van der Waals surface area contributed by atoms with Gasteiger partial charge >= 0.3 is 6.03 Å². The van der Waals surface area contributed by atoms with Crippen molar-refractivity contribution in [2.75, 3.05) is 10.6 Å². The maximum atomic E-state index is 13.9. The molecule has 0 aliphatic heterocycles. The Morgan fingerprint density at radius 2 is 1.78 bits per heavy atom. The highest BCUT2D eigenvalue weighted by Crippen LogP contribution is 2.28. The first kappa shape index (κ1) is 21.4. The summed E-state index contributed by atoms with van der Waals surface area (Å²) in [7, 11) is 0. The normalized spacial score (nSPS) is 11.6. The second-order valence-corrected chi connectivity index (χ2v) is 8.29. The van der Waals surface area contributed by atoms with Crippen LogP contribution in [0.15, 0.2) is 54.7 Å². The van der Waals surface area contributed by atoms with Gasteiger partial charge in [-0.15, -0.1) is 0 Å². The van der Waals surface area contributed by atoms with Gasteiger partial charge in [0.2, 0.25) is 0 Å². The quantitative estimate of drug-likeness (QED) is 0.398. The number of fused-ring (bicyclic) bond motifs is 1. The zero-order valence-electron chi connectivity index (χ0n) is 17.6. The Hall–Kier alpha value is -3.88. The molecule has 0 aliphatic carbocycles. The lowest BCUT2D eigenvalue weighted by Gasteiger charge is -2.14. The van der Waals surface area contributed by atoms with Crippen molar-refractivity contribution in [1.82, 2.24) is 14.8 Å². The van der Waals surface area contributed by atoms with Gasteiger partial charge in [0, 0.05) is 35.2 Å². The van der Waals surface area contributed by atoms with Crippen LogP contribution in [0.1, 0.15) is 26.5 Å². The van der Waals surface area contributed by atoms with Gasteiger partial charge in [0.05, 0.1) is 22.6 Å². The number of urea groups is 1. The first-order valence-electron chi connectivity index (χ1n) is 9.80. The van der Waals surface area contributed by atoms with Crippen LogP contribution in [-0.2, 0) is 5.41 Å². The van der Waals surface area contributed by atoms with E-state index in [1.807, 2.05) is 45.0 Å². The van der Waals surface area contributed by atoms with Gasteiger partial charge in [-0.3, -0.25) is 10.3 Å².